The van der Waals surface area contributed by atoms with E-state index in [9.17, 15) is 4.79 Å². The summed E-state index contributed by atoms with van der Waals surface area (Å²) in [6.07, 6.45) is 0.580. The molecule has 2 heterocycles. The van der Waals surface area contributed by atoms with Gasteiger partial charge in [0.1, 0.15) is 6.04 Å². The van der Waals surface area contributed by atoms with E-state index in [4.69, 9.17) is 34.8 Å². The summed E-state index contributed by atoms with van der Waals surface area (Å²) in [5.41, 5.74) is 4.64. The van der Waals surface area contributed by atoms with Crippen molar-refractivity contribution in [2.24, 2.45) is 0 Å². The van der Waals surface area contributed by atoms with Crippen LogP contribution in [-0.4, -0.2) is 25.5 Å². The number of amides is 1. The van der Waals surface area contributed by atoms with E-state index in [1.165, 1.54) is 0 Å². The highest BCUT2D eigenvalue weighted by molar-refractivity contribution is 6.35. The molecule has 6 nitrogen and oxygen atoms in total. The van der Waals surface area contributed by atoms with Gasteiger partial charge < -0.3 is 5.32 Å². The molecule has 1 unspecified atom stereocenters. The van der Waals surface area contributed by atoms with Gasteiger partial charge in [0, 0.05) is 10.0 Å². The zero-order chi connectivity index (χ0) is 22.2. The Morgan fingerprint density at radius 1 is 1.07 bits per heavy atom. The van der Waals surface area contributed by atoms with Gasteiger partial charge in [0.25, 0.3) is 0 Å². The van der Waals surface area contributed by atoms with Gasteiger partial charge >= 0.3 is 0 Å². The molecule has 0 aliphatic heterocycles. The molecule has 3 rings (SSSR count). The summed E-state index contributed by atoms with van der Waals surface area (Å²) >= 11 is 18.6. The van der Waals surface area contributed by atoms with Crippen molar-refractivity contribution in [3.8, 4) is 0 Å². The van der Waals surface area contributed by atoms with Crippen LogP contribution in [0.4, 0.5) is 5.69 Å². The van der Waals surface area contributed by atoms with Crippen LogP contribution in [0.3, 0.4) is 0 Å². The molecule has 0 bridgehead atoms. The van der Waals surface area contributed by atoms with Crippen LogP contribution in [-0.2, 0) is 11.3 Å². The Morgan fingerprint density at radius 3 is 2.33 bits per heavy atom. The Morgan fingerprint density at radius 2 is 1.77 bits per heavy atom. The zero-order valence-corrected chi connectivity index (χ0v) is 19.8. The quantitative estimate of drug-likeness (QED) is 0.489. The summed E-state index contributed by atoms with van der Waals surface area (Å²) in [5.74, 6) is -0.157. The molecule has 0 aliphatic carbocycles. The molecule has 0 spiro atoms. The van der Waals surface area contributed by atoms with Gasteiger partial charge in [-0.3, -0.25) is 14.2 Å². The van der Waals surface area contributed by atoms with Gasteiger partial charge in [-0.05, 0) is 51.8 Å². The molecule has 1 amide bonds. The van der Waals surface area contributed by atoms with Crippen LogP contribution in [0.25, 0.3) is 0 Å². The van der Waals surface area contributed by atoms with Crippen LogP contribution in [0.1, 0.15) is 47.7 Å². The fourth-order valence-corrected chi connectivity index (χ4v) is 4.06. The van der Waals surface area contributed by atoms with Crippen LogP contribution in [0.2, 0.25) is 15.1 Å². The topological polar surface area (TPSA) is 64.7 Å². The lowest BCUT2D eigenvalue weighted by Crippen LogP contribution is -2.27. The van der Waals surface area contributed by atoms with Crippen molar-refractivity contribution < 1.29 is 4.79 Å². The highest BCUT2D eigenvalue weighted by Crippen LogP contribution is 2.28. The average Bonchev–Trinajstić information content (AvgIpc) is 3.09. The molecule has 2 aromatic heterocycles. The monoisotopic (exact) mass is 467 g/mol. The Balaban J connectivity index is 1.85. The summed E-state index contributed by atoms with van der Waals surface area (Å²) in [5, 5.41) is 13.8. The number of carbonyl (C=O) groups excluding carboxylic acids is 1. The summed E-state index contributed by atoms with van der Waals surface area (Å²) in [6, 6.07) is 4.91. The van der Waals surface area contributed by atoms with Crippen molar-refractivity contribution in [3.05, 3.63) is 61.6 Å². The molecule has 9 heteroatoms. The van der Waals surface area contributed by atoms with E-state index in [1.807, 2.05) is 45.4 Å². The van der Waals surface area contributed by atoms with Crippen molar-refractivity contribution in [1.29, 1.82) is 0 Å². The number of hydrogen-bond donors (Lipinski definition) is 1. The SMILES string of the molecule is CCC(C(=O)Nc1c(C)nn(Cc2ccc(Cl)cc2Cl)c1C)n1nc(C)c(Cl)c1C. The maximum absolute atomic E-state index is 13.1. The number of aromatic nitrogens is 4. The van der Waals surface area contributed by atoms with Crippen molar-refractivity contribution in [3.63, 3.8) is 0 Å². The summed E-state index contributed by atoms with van der Waals surface area (Å²) in [6.45, 7) is 9.90. The molecule has 160 valence electrons. The normalized spacial score (nSPS) is 12.3. The molecule has 3 aromatic rings. The van der Waals surface area contributed by atoms with Crippen molar-refractivity contribution >= 4 is 46.4 Å². The summed E-state index contributed by atoms with van der Waals surface area (Å²) in [4.78, 5) is 13.1. The molecule has 0 saturated heterocycles. The van der Waals surface area contributed by atoms with Crippen LogP contribution in [0.5, 0.6) is 0 Å². The first kappa shape index (κ1) is 22.7. The second-order valence-electron chi connectivity index (χ2n) is 7.28. The Hall–Kier alpha value is -2.02. The summed E-state index contributed by atoms with van der Waals surface area (Å²) in [7, 11) is 0. The Bertz CT molecular complexity index is 1100. The van der Waals surface area contributed by atoms with E-state index in [2.05, 4.69) is 15.5 Å². The number of halogens is 3. The second kappa shape index (κ2) is 9.00. The minimum absolute atomic E-state index is 0.157. The van der Waals surface area contributed by atoms with Gasteiger partial charge in [0.2, 0.25) is 5.91 Å². The third-order valence-corrected chi connectivity index (χ3v) is 6.32. The lowest BCUT2D eigenvalue weighted by atomic mass is 10.2. The molecule has 1 N–H and O–H groups in total. The minimum Gasteiger partial charge on any atom is -0.321 e. The van der Waals surface area contributed by atoms with Gasteiger partial charge in [-0.15, -0.1) is 0 Å². The van der Waals surface area contributed by atoms with Crippen molar-refractivity contribution in [2.75, 3.05) is 5.32 Å². The van der Waals surface area contributed by atoms with Crippen LogP contribution < -0.4 is 5.32 Å². The maximum atomic E-state index is 13.1. The molecule has 0 aliphatic rings. The fourth-order valence-electron chi connectivity index (χ4n) is 3.47. The molecule has 1 aromatic carbocycles. The number of nitrogens with one attached hydrogen (secondary N) is 1. The third-order valence-electron chi connectivity index (χ3n) is 5.19. The number of hydrogen-bond acceptors (Lipinski definition) is 3. The molecule has 0 radical (unpaired) electrons. The smallest absolute Gasteiger partial charge is 0.249 e. The number of rotatable bonds is 6. The maximum Gasteiger partial charge on any atom is 0.249 e. The standard InChI is InChI=1S/C21H24Cl3N5O/c1-6-18(29-13(4)19(24)11(2)27-29)21(30)25-20-12(3)26-28(14(20)5)10-15-7-8-16(22)9-17(15)23/h7-9,18H,6,10H2,1-5H3,(H,25,30). The van der Waals surface area contributed by atoms with Gasteiger partial charge in [-0.2, -0.15) is 10.2 Å². The van der Waals surface area contributed by atoms with E-state index in [-0.39, 0.29) is 5.91 Å². The van der Waals surface area contributed by atoms with E-state index in [0.717, 1.165) is 22.6 Å². The number of anilines is 1. The number of benzene rings is 1. The van der Waals surface area contributed by atoms with Gasteiger partial charge in [-0.1, -0.05) is 47.8 Å². The predicted octanol–water partition coefficient (Wildman–Crippen LogP) is 5.91. The largest absolute Gasteiger partial charge is 0.321 e. The van der Waals surface area contributed by atoms with E-state index < -0.39 is 6.04 Å². The Labute approximate surface area is 191 Å². The number of nitrogens with zero attached hydrogens (tertiary/aromatic N) is 4. The number of aryl methyl sites for hydroxylation is 2. The van der Waals surface area contributed by atoms with Crippen LogP contribution >= 0.6 is 34.8 Å². The van der Waals surface area contributed by atoms with Gasteiger partial charge in [-0.25, -0.2) is 0 Å². The molecule has 0 saturated carbocycles. The van der Waals surface area contributed by atoms with Crippen LogP contribution in [0.15, 0.2) is 18.2 Å². The van der Waals surface area contributed by atoms with Crippen LogP contribution in [0, 0.1) is 27.7 Å². The first-order valence-corrected chi connectivity index (χ1v) is 10.8. The minimum atomic E-state index is -0.468. The van der Waals surface area contributed by atoms with E-state index >= 15 is 0 Å². The lowest BCUT2D eigenvalue weighted by Gasteiger charge is -2.17. The van der Waals surface area contributed by atoms with Crippen molar-refractivity contribution in [2.45, 2.75) is 53.6 Å². The molecular formula is C21H24Cl3N5O. The highest BCUT2D eigenvalue weighted by Gasteiger charge is 2.25. The van der Waals surface area contributed by atoms with E-state index in [1.54, 1.807) is 16.8 Å². The highest BCUT2D eigenvalue weighted by atomic mass is 35.5. The predicted molar refractivity (Wildman–Crippen MR) is 122 cm³/mol. The number of carbonyl (C=O) groups is 1. The first-order valence-electron chi connectivity index (χ1n) is 9.64. The first-order chi connectivity index (χ1) is 14.1. The van der Waals surface area contributed by atoms with Gasteiger partial charge in [0.15, 0.2) is 0 Å². The fraction of sp³-hybridized carbons (Fsp3) is 0.381. The molecule has 30 heavy (non-hydrogen) atoms. The average molecular weight is 469 g/mol. The molecular weight excluding hydrogens is 445 g/mol. The van der Waals surface area contributed by atoms with Crippen molar-refractivity contribution in [1.82, 2.24) is 19.6 Å². The summed E-state index contributed by atoms with van der Waals surface area (Å²) < 4.78 is 3.51. The second-order valence-corrected chi connectivity index (χ2v) is 8.50. The zero-order valence-electron chi connectivity index (χ0n) is 17.6. The Kier molecular flexibility index (Phi) is 6.80. The lowest BCUT2D eigenvalue weighted by molar-refractivity contribution is -0.119. The third kappa shape index (κ3) is 4.36. The van der Waals surface area contributed by atoms with Gasteiger partial charge in [0.05, 0.1) is 40.0 Å². The molecule has 1 atom stereocenters. The molecule has 0 fully saturated rings. The van der Waals surface area contributed by atoms with E-state index in [0.29, 0.717) is 39.4 Å².